The highest BCUT2D eigenvalue weighted by molar-refractivity contribution is 5.76. The molecule has 0 bridgehead atoms. The van der Waals surface area contributed by atoms with Gasteiger partial charge in [-0.2, -0.15) is 0 Å². The number of carbonyl (C=O) groups is 1. The molecule has 2 aromatic carbocycles. The highest BCUT2D eigenvalue weighted by Crippen LogP contribution is 2.33. The minimum absolute atomic E-state index is 0.0421. The lowest BCUT2D eigenvalue weighted by Crippen LogP contribution is -2.38. The Morgan fingerprint density at radius 1 is 1.10 bits per heavy atom. The molecule has 2 heterocycles. The van der Waals surface area contributed by atoms with Gasteiger partial charge in [0.1, 0.15) is 0 Å². The molecule has 6 nitrogen and oxygen atoms in total. The van der Waals surface area contributed by atoms with E-state index in [4.69, 9.17) is 14.2 Å². The molecule has 160 valence electrons. The highest BCUT2D eigenvalue weighted by Gasteiger charge is 2.23. The van der Waals surface area contributed by atoms with Crippen molar-refractivity contribution in [1.29, 1.82) is 0 Å². The second-order valence-corrected chi connectivity index (χ2v) is 7.86. The Morgan fingerprint density at radius 2 is 1.87 bits per heavy atom. The van der Waals surface area contributed by atoms with Crippen LogP contribution in [-0.4, -0.2) is 51.3 Å². The number of hydrogen-bond donors (Lipinski definition) is 1. The van der Waals surface area contributed by atoms with Gasteiger partial charge in [0.15, 0.2) is 11.5 Å². The summed E-state index contributed by atoms with van der Waals surface area (Å²) in [6.07, 6.45) is 2.12. The molecule has 0 fully saturated rings. The standard InChI is InChI=1S/C24H30N2O4/c1-28-22-13-18-7-10-26(16-19(18)14-23(22)29-2)11-9-25-24(27)15-21-20-6-4-3-5-17(20)8-12-30-21/h3-6,13-14,21H,7-12,15-16H2,1-2H3,(H,25,27). The van der Waals surface area contributed by atoms with E-state index in [9.17, 15) is 4.79 Å². The van der Waals surface area contributed by atoms with Crippen molar-refractivity contribution in [2.75, 3.05) is 40.5 Å². The average molecular weight is 411 g/mol. The van der Waals surface area contributed by atoms with Crippen LogP contribution in [0.1, 0.15) is 34.8 Å². The largest absolute Gasteiger partial charge is 0.493 e. The first kappa shape index (κ1) is 20.7. The minimum atomic E-state index is -0.140. The second-order valence-electron chi connectivity index (χ2n) is 7.86. The first-order valence-corrected chi connectivity index (χ1v) is 10.6. The summed E-state index contributed by atoms with van der Waals surface area (Å²) in [7, 11) is 3.33. The third-order valence-electron chi connectivity index (χ3n) is 6.01. The molecule has 0 saturated carbocycles. The van der Waals surface area contributed by atoms with E-state index in [1.165, 1.54) is 16.7 Å². The average Bonchev–Trinajstić information content (AvgIpc) is 2.78. The SMILES string of the molecule is COc1cc2c(cc1OC)CN(CCNC(=O)CC1OCCc3ccccc31)CC2. The maximum absolute atomic E-state index is 12.5. The Hall–Kier alpha value is -2.57. The van der Waals surface area contributed by atoms with Crippen molar-refractivity contribution in [1.82, 2.24) is 10.2 Å². The number of fused-ring (bicyclic) bond motifs is 2. The summed E-state index contributed by atoms with van der Waals surface area (Å²) >= 11 is 0. The van der Waals surface area contributed by atoms with Crippen LogP contribution in [0.15, 0.2) is 36.4 Å². The summed E-state index contributed by atoms with van der Waals surface area (Å²) in [5.41, 5.74) is 5.01. The number of ether oxygens (including phenoxy) is 3. The van der Waals surface area contributed by atoms with Gasteiger partial charge >= 0.3 is 0 Å². The van der Waals surface area contributed by atoms with E-state index in [0.717, 1.165) is 49.5 Å². The molecule has 30 heavy (non-hydrogen) atoms. The Morgan fingerprint density at radius 3 is 2.67 bits per heavy atom. The fourth-order valence-corrected chi connectivity index (χ4v) is 4.37. The molecule has 4 rings (SSSR count). The van der Waals surface area contributed by atoms with Crippen LogP contribution in [0.4, 0.5) is 0 Å². The molecule has 2 aliphatic rings. The summed E-state index contributed by atoms with van der Waals surface area (Å²) < 4.78 is 16.7. The first-order valence-electron chi connectivity index (χ1n) is 10.6. The van der Waals surface area contributed by atoms with Crippen molar-refractivity contribution in [3.63, 3.8) is 0 Å². The molecule has 2 aliphatic heterocycles. The smallest absolute Gasteiger partial charge is 0.223 e. The molecule has 2 aromatic rings. The van der Waals surface area contributed by atoms with Gasteiger partial charge < -0.3 is 19.5 Å². The van der Waals surface area contributed by atoms with Gasteiger partial charge in [0.05, 0.1) is 33.4 Å². The minimum Gasteiger partial charge on any atom is -0.493 e. The molecular formula is C24H30N2O4. The van der Waals surface area contributed by atoms with E-state index in [1.807, 2.05) is 12.1 Å². The molecular weight excluding hydrogens is 380 g/mol. The van der Waals surface area contributed by atoms with Gasteiger partial charge in [-0.25, -0.2) is 0 Å². The number of amides is 1. The first-order chi connectivity index (χ1) is 14.7. The predicted molar refractivity (Wildman–Crippen MR) is 115 cm³/mol. The quantitative estimate of drug-likeness (QED) is 0.761. The summed E-state index contributed by atoms with van der Waals surface area (Å²) in [6, 6.07) is 12.4. The zero-order valence-corrected chi connectivity index (χ0v) is 17.8. The maximum atomic E-state index is 12.5. The molecule has 0 aromatic heterocycles. The van der Waals surface area contributed by atoms with E-state index >= 15 is 0 Å². The van der Waals surface area contributed by atoms with Crippen molar-refractivity contribution in [2.24, 2.45) is 0 Å². The van der Waals surface area contributed by atoms with Crippen molar-refractivity contribution in [3.8, 4) is 11.5 Å². The highest BCUT2D eigenvalue weighted by atomic mass is 16.5. The molecule has 1 N–H and O–H groups in total. The molecule has 6 heteroatoms. The predicted octanol–water partition coefficient (Wildman–Crippen LogP) is 2.88. The number of rotatable bonds is 7. The van der Waals surface area contributed by atoms with Gasteiger partial charge in [0.2, 0.25) is 5.91 Å². The fraction of sp³-hybridized carbons (Fsp3) is 0.458. The molecule has 0 spiro atoms. The van der Waals surface area contributed by atoms with Gasteiger partial charge in [0.25, 0.3) is 0 Å². The van der Waals surface area contributed by atoms with Crippen LogP contribution in [0, 0.1) is 0 Å². The van der Waals surface area contributed by atoms with Gasteiger partial charge in [-0.1, -0.05) is 24.3 Å². The number of methoxy groups -OCH3 is 2. The van der Waals surface area contributed by atoms with Crippen molar-refractivity contribution >= 4 is 5.91 Å². The Balaban J connectivity index is 1.27. The molecule has 1 atom stereocenters. The second kappa shape index (κ2) is 9.49. The van der Waals surface area contributed by atoms with Crippen LogP contribution in [0.5, 0.6) is 11.5 Å². The molecule has 0 aliphatic carbocycles. The topological polar surface area (TPSA) is 60.0 Å². The zero-order valence-electron chi connectivity index (χ0n) is 17.8. The van der Waals surface area contributed by atoms with Crippen LogP contribution < -0.4 is 14.8 Å². The fourth-order valence-electron chi connectivity index (χ4n) is 4.37. The van der Waals surface area contributed by atoms with Gasteiger partial charge in [-0.05, 0) is 47.2 Å². The number of benzene rings is 2. The van der Waals surface area contributed by atoms with Crippen molar-refractivity contribution in [2.45, 2.75) is 31.9 Å². The molecule has 1 amide bonds. The lowest BCUT2D eigenvalue weighted by molar-refractivity contribution is -0.124. The normalized spacial score (nSPS) is 18.3. The van der Waals surface area contributed by atoms with Crippen LogP contribution >= 0.6 is 0 Å². The van der Waals surface area contributed by atoms with Crippen molar-refractivity contribution < 1.29 is 19.0 Å². The van der Waals surface area contributed by atoms with E-state index in [1.54, 1.807) is 14.2 Å². The van der Waals surface area contributed by atoms with Crippen molar-refractivity contribution in [3.05, 3.63) is 58.7 Å². The maximum Gasteiger partial charge on any atom is 0.223 e. The Kier molecular flexibility index (Phi) is 6.55. The van der Waals surface area contributed by atoms with Gasteiger partial charge in [-0.3, -0.25) is 9.69 Å². The lowest BCUT2D eigenvalue weighted by atomic mass is 9.95. The lowest BCUT2D eigenvalue weighted by Gasteiger charge is -2.29. The van der Waals surface area contributed by atoms with Crippen LogP contribution in [0.3, 0.4) is 0 Å². The summed E-state index contributed by atoms with van der Waals surface area (Å²) in [5, 5.41) is 3.07. The third-order valence-corrected chi connectivity index (χ3v) is 6.01. The number of nitrogens with one attached hydrogen (secondary N) is 1. The van der Waals surface area contributed by atoms with Gasteiger partial charge in [-0.15, -0.1) is 0 Å². The van der Waals surface area contributed by atoms with E-state index in [0.29, 0.717) is 19.6 Å². The zero-order chi connectivity index (χ0) is 20.9. The third kappa shape index (κ3) is 4.60. The molecule has 1 unspecified atom stereocenters. The summed E-state index contributed by atoms with van der Waals surface area (Å²) in [4.78, 5) is 14.8. The molecule has 0 radical (unpaired) electrons. The van der Waals surface area contributed by atoms with Crippen LogP contribution in [0.2, 0.25) is 0 Å². The van der Waals surface area contributed by atoms with E-state index in [2.05, 4.69) is 34.5 Å². The molecule has 0 saturated heterocycles. The van der Waals surface area contributed by atoms with Crippen LogP contribution in [-0.2, 0) is 28.9 Å². The summed E-state index contributed by atoms with van der Waals surface area (Å²) in [6.45, 7) is 3.95. The number of carbonyl (C=O) groups excluding carboxylic acids is 1. The number of hydrogen-bond acceptors (Lipinski definition) is 5. The Labute approximate surface area is 178 Å². The Bertz CT molecular complexity index is 899. The van der Waals surface area contributed by atoms with E-state index in [-0.39, 0.29) is 12.0 Å². The van der Waals surface area contributed by atoms with Crippen LogP contribution in [0.25, 0.3) is 0 Å². The van der Waals surface area contributed by atoms with E-state index < -0.39 is 0 Å². The van der Waals surface area contributed by atoms with Gasteiger partial charge in [0, 0.05) is 26.2 Å². The number of nitrogens with zero attached hydrogens (tertiary/aromatic N) is 1. The summed E-state index contributed by atoms with van der Waals surface area (Å²) in [5.74, 6) is 1.59. The monoisotopic (exact) mass is 410 g/mol.